The van der Waals surface area contributed by atoms with Crippen LogP contribution < -0.4 is 0 Å². The highest BCUT2D eigenvalue weighted by molar-refractivity contribution is 7.10. The van der Waals surface area contributed by atoms with E-state index in [4.69, 9.17) is 5.11 Å². The maximum atomic E-state index is 8.85. The average molecular weight is 395 g/mol. The van der Waals surface area contributed by atoms with Crippen molar-refractivity contribution in [3.05, 3.63) is 57.8 Å². The van der Waals surface area contributed by atoms with Gasteiger partial charge in [-0.2, -0.15) is 0 Å². The minimum absolute atomic E-state index is 0.0689. The summed E-state index contributed by atoms with van der Waals surface area (Å²) in [4.78, 5) is 6.72. The molecule has 0 amide bonds. The van der Waals surface area contributed by atoms with Crippen LogP contribution in [-0.4, -0.2) is 54.2 Å². The molecule has 1 unspecified atom stereocenters. The topological polar surface area (TPSA) is 26.7 Å². The zero-order chi connectivity index (χ0) is 19.2. The number of hydrogen-bond acceptors (Lipinski definition) is 4. The Kier molecular flexibility index (Phi) is 6.49. The van der Waals surface area contributed by atoms with Crippen LogP contribution in [0.3, 0.4) is 0 Å². The molecule has 1 atom stereocenters. The standard InChI is InChI=1S/C24H30N2OS/c27-15-4-8-22-16-23(28-18-22)17-26-14-11-24(20-26)10-5-12-25(19-24)13-9-21-6-2-1-3-7-21/h1-3,6-7,16,18,27H,5,9-15,17,19-20H2. The summed E-state index contributed by atoms with van der Waals surface area (Å²) in [6, 6.07) is 13.1. The fourth-order valence-electron chi connectivity index (χ4n) is 4.82. The van der Waals surface area contributed by atoms with Gasteiger partial charge in [0.25, 0.3) is 0 Å². The highest BCUT2D eigenvalue weighted by atomic mass is 32.1. The van der Waals surface area contributed by atoms with Crippen LogP contribution in [0.5, 0.6) is 0 Å². The van der Waals surface area contributed by atoms with Gasteiger partial charge in [0, 0.05) is 42.0 Å². The fourth-order valence-corrected chi connectivity index (χ4v) is 5.68. The molecule has 0 bridgehead atoms. The van der Waals surface area contributed by atoms with Crippen LogP contribution in [-0.2, 0) is 13.0 Å². The number of hydrogen-bond donors (Lipinski definition) is 1. The van der Waals surface area contributed by atoms with Crippen LogP contribution in [0.4, 0.5) is 0 Å². The Hall–Kier alpha value is -1.64. The monoisotopic (exact) mass is 394 g/mol. The van der Waals surface area contributed by atoms with E-state index in [0.29, 0.717) is 5.41 Å². The van der Waals surface area contributed by atoms with Crippen molar-refractivity contribution in [1.29, 1.82) is 0 Å². The van der Waals surface area contributed by atoms with Gasteiger partial charge >= 0.3 is 0 Å². The summed E-state index contributed by atoms with van der Waals surface area (Å²) < 4.78 is 0. The van der Waals surface area contributed by atoms with Crippen molar-refractivity contribution in [2.45, 2.75) is 32.2 Å². The molecule has 2 aliphatic rings. The van der Waals surface area contributed by atoms with Crippen molar-refractivity contribution in [3.63, 3.8) is 0 Å². The molecule has 4 heteroatoms. The summed E-state index contributed by atoms with van der Waals surface area (Å²) in [7, 11) is 0. The zero-order valence-electron chi connectivity index (χ0n) is 16.6. The van der Waals surface area contributed by atoms with Crippen LogP contribution in [0.1, 0.15) is 35.3 Å². The second-order valence-electron chi connectivity index (χ2n) is 8.34. The average Bonchev–Trinajstić information content (AvgIpc) is 3.33. The van der Waals surface area contributed by atoms with E-state index in [2.05, 4.69) is 63.4 Å². The third kappa shape index (κ3) is 5.04. The molecule has 1 aromatic carbocycles. The van der Waals surface area contributed by atoms with Crippen molar-refractivity contribution in [2.75, 3.05) is 39.3 Å². The first-order valence-electron chi connectivity index (χ1n) is 10.4. The van der Waals surface area contributed by atoms with E-state index in [1.54, 1.807) is 11.3 Å². The van der Waals surface area contributed by atoms with Crippen molar-refractivity contribution in [1.82, 2.24) is 9.80 Å². The molecule has 2 saturated heterocycles. The predicted molar refractivity (Wildman–Crippen MR) is 116 cm³/mol. The van der Waals surface area contributed by atoms with Gasteiger partial charge in [-0.3, -0.25) is 4.90 Å². The van der Waals surface area contributed by atoms with E-state index in [0.717, 1.165) is 18.5 Å². The quantitative estimate of drug-likeness (QED) is 0.785. The molecule has 4 rings (SSSR count). The Morgan fingerprint density at radius 2 is 1.93 bits per heavy atom. The summed E-state index contributed by atoms with van der Waals surface area (Å²) in [5, 5.41) is 11.0. The third-order valence-corrected chi connectivity index (χ3v) is 7.08. The van der Waals surface area contributed by atoms with Gasteiger partial charge in [-0.15, -0.1) is 11.3 Å². The number of piperidine rings is 1. The van der Waals surface area contributed by atoms with Crippen LogP contribution in [0.15, 0.2) is 41.8 Å². The second kappa shape index (κ2) is 9.24. The molecule has 0 radical (unpaired) electrons. The maximum absolute atomic E-state index is 8.85. The summed E-state index contributed by atoms with van der Waals surface area (Å²) in [6.45, 7) is 7.11. The Morgan fingerprint density at radius 3 is 2.79 bits per heavy atom. The van der Waals surface area contributed by atoms with E-state index in [-0.39, 0.29) is 6.61 Å². The Morgan fingerprint density at radius 1 is 1.07 bits per heavy atom. The minimum Gasteiger partial charge on any atom is -0.384 e. The Balaban J connectivity index is 1.30. The lowest BCUT2D eigenvalue weighted by molar-refractivity contribution is 0.0929. The smallest absolute Gasteiger partial charge is 0.104 e. The molecule has 3 nitrogen and oxygen atoms in total. The molecule has 2 aromatic rings. The largest absolute Gasteiger partial charge is 0.384 e. The van der Waals surface area contributed by atoms with Crippen molar-refractivity contribution in [3.8, 4) is 11.8 Å². The molecule has 1 N–H and O–H groups in total. The zero-order valence-corrected chi connectivity index (χ0v) is 17.4. The predicted octanol–water partition coefficient (Wildman–Crippen LogP) is 3.62. The molecule has 1 aromatic heterocycles. The molecule has 1 spiro atoms. The van der Waals surface area contributed by atoms with E-state index in [9.17, 15) is 0 Å². The summed E-state index contributed by atoms with van der Waals surface area (Å²) >= 11 is 1.79. The molecule has 0 aliphatic carbocycles. The third-order valence-electron chi connectivity index (χ3n) is 6.16. The summed E-state index contributed by atoms with van der Waals surface area (Å²) in [5.41, 5.74) is 2.98. The lowest BCUT2D eigenvalue weighted by atomic mass is 9.79. The van der Waals surface area contributed by atoms with Gasteiger partial charge in [0.15, 0.2) is 0 Å². The number of aliphatic hydroxyl groups is 1. The number of thiophene rings is 1. The van der Waals surface area contributed by atoms with E-state index in [1.165, 1.54) is 62.4 Å². The van der Waals surface area contributed by atoms with Gasteiger partial charge in [0.1, 0.15) is 6.61 Å². The van der Waals surface area contributed by atoms with Crippen LogP contribution in [0, 0.1) is 17.3 Å². The SMILES string of the molecule is OCC#Cc1csc(CN2CCC3(CCCN(CCc4ccccc4)C3)C2)c1. The normalized spacial score (nSPS) is 23.0. The minimum atomic E-state index is -0.0689. The Labute approximate surface area is 173 Å². The summed E-state index contributed by atoms with van der Waals surface area (Å²) in [5.74, 6) is 5.75. The van der Waals surface area contributed by atoms with E-state index < -0.39 is 0 Å². The molecule has 3 heterocycles. The first kappa shape index (κ1) is 19.7. The Bertz CT molecular complexity index is 822. The highest BCUT2D eigenvalue weighted by Gasteiger charge is 2.41. The van der Waals surface area contributed by atoms with E-state index in [1.807, 2.05) is 0 Å². The fraction of sp³-hybridized carbons (Fsp3) is 0.500. The highest BCUT2D eigenvalue weighted by Crippen LogP contribution is 2.39. The number of rotatable bonds is 5. The molecule has 148 valence electrons. The lowest BCUT2D eigenvalue weighted by Gasteiger charge is -2.40. The second-order valence-corrected chi connectivity index (χ2v) is 9.33. The van der Waals surface area contributed by atoms with Gasteiger partial charge in [-0.25, -0.2) is 0 Å². The maximum Gasteiger partial charge on any atom is 0.104 e. The lowest BCUT2D eigenvalue weighted by Crippen LogP contribution is -2.45. The first-order chi connectivity index (χ1) is 13.7. The number of nitrogens with zero attached hydrogens (tertiary/aromatic N) is 2. The molecule has 2 fully saturated rings. The summed E-state index contributed by atoms with van der Waals surface area (Å²) in [6.07, 6.45) is 5.20. The van der Waals surface area contributed by atoms with Gasteiger partial charge < -0.3 is 10.0 Å². The molecule has 28 heavy (non-hydrogen) atoms. The molecular weight excluding hydrogens is 364 g/mol. The first-order valence-corrected chi connectivity index (χ1v) is 11.3. The number of benzene rings is 1. The molecule has 2 aliphatic heterocycles. The molecule has 0 saturated carbocycles. The van der Waals surface area contributed by atoms with Gasteiger partial charge in [0.05, 0.1) is 0 Å². The van der Waals surface area contributed by atoms with Crippen molar-refractivity contribution in [2.24, 2.45) is 5.41 Å². The van der Waals surface area contributed by atoms with Crippen LogP contribution >= 0.6 is 11.3 Å². The molecular formula is C24H30N2OS. The van der Waals surface area contributed by atoms with Crippen molar-refractivity contribution >= 4 is 11.3 Å². The van der Waals surface area contributed by atoms with Crippen LogP contribution in [0.25, 0.3) is 0 Å². The van der Waals surface area contributed by atoms with E-state index >= 15 is 0 Å². The number of likely N-dealkylation sites (tertiary alicyclic amines) is 2. The number of aliphatic hydroxyl groups excluding tert-OH is 1. The van der Waals surface area contributed by atoms with Crippen LogP contribution in [0.2, 0.25) is 0 Å². The van der Waals surface area contributed by atoms with Gasteiger partial charge in [-0.05, 0) is 55.8 Å². The van der Waals surface area contributed by atoms with Crippen molar-refractivity contribution < 1.29 is 5.11 Å². The van der Waals surface area contributed by atoms with Gasteiger partial charge in [0.2, 0.25) is 0 Å². The van der Waals surface area contributed by atoms with Gasteiger partial charge in [-0.1, -0.05) is 42.2 Å².